The molecule has 3 atom stereocenters. The van der Waals surface area contributed by atoms with Gasteiger partial charge in [-0.3, -0.25) is 14.7 Å². The minimum Gasteiger partial charge on any atom is -0.302 e. The van der Waals surface area contributed by atoms with Crippen molar-refractivity contribution in [1.82, 2.24) is 20.0 Å². The van der Waals surface area contributed by atoms with E-state index < -0.39 is 18.3 Å². The number of hydrogen-bond acceptors (Lipinski definition) is 4. The highest BCUT2D eigenvalue weighted by Crippen LogP contribution is 2.40. The van der Waals surface area contributed by atoms with Crippen LogP contribution in [-0.4, -0.2) is 80.3 Å². The summed E-state index contributed by atoms with van der Waals surface area (Å²) in [6.07, 6.45) is -4.31. The van der Waals surface area contributed by atoms with Gasteiger partial charge >= 0.3 is 6.18 Å². The van der Waals surface area contributed by atoms with Crippen LogP contribution in [0.3, 0.4) is 0 Å². The van der Waals surface area contributed by atoms with E-state index in [-0.39, 0.29) is 31.1 Å². The van der Waals surface area contributed by atoms with Gasteiger partial charge in [0.05, 0.1) is 24.9 Å². The summed E-state index contributed by atoms with van der Waals surface area (Å²) in [5.74, 6) is -0.945. The third kappa shape index (κ3) is 4.84. The number of alkyl halides is 4. The number of hydrogen-bond donors (Lipinski definition) is 1. The third-order valence-corrected chi connectivity index (χ3v) is 5.84. The molecule has 2 rings (SSSR count). The molecule has 1 saturated carbocycles. The molecular weight excluding hydrogens is 336 g/mol. The molecule has 2 aliphatic rings. The van der Waals surface area contributed by atoms with Crippen LogP contribution >= 0.6 is 0 Å². The topological polar surface area (TPSA) is 21.8 Å². The highest BCUT2D eigenvalue weighted by molar-refractivity contribution is 4.91. The van der Waals surface area contributed by atoms with Gasteiger partial charge in [0, 0.05) is 6.54 Å². The van der Waals surface area contributed by atoms with Gasteiger partial charge < -0.3 is 5.32 Å². The first-order chi connectivity index (χ1) is 11.7. The molecule has 0 aromatic heterocycles. The first kappa shape index (κ1) is 20.9. The van der Waals surface area contributed by atoms with Crippen molar-refractivity contribution >= 4 is 0 Å². The van der Waals surface area contributed by atoms with E-state index in [4.69, 9.17) is 0 Å². The van der Waals surface area contributed by atoms with Crippen molar-refractivity contribution in [3.63, 3.8) is 0 Å². The van der Waals surface area contributed by atoms with Crippen molar-refractivity contribution in [3.8, 4) is 0 Å². The van der Waals surface area contributed by atoms with E-state index in [0.29, 0.717) is 32.6 Å². The average Bonchev–Trinajstić information content (AvgIpc) is 2.53. The first-order valence-electron chi connectivity index (χ1n) is 9.21. The summed E-state index contributed by atoms with van der Waals surface area (Å²) in [5.41, 5.74) is 0. The van der Waals surface area contributed by atoms with E-state index in [1.807, 2.05) is 30.8 Å². The zero-order chi connectivity index (χ0) is 18.8. The van der Waals surface area contributed by atoms with Crippen LogP contribution in [0.1, 0.15) is 32.6 Å². The van der Waals surface area contributed by atoms with E-state index in [2.05, 4.69) is 10.2 Å². The molecule has 0 aromatic rings. The molecule has 1 heterocycles. The molecule has 1 aliphatic carbocycles. The standard InChI is InChI=1S/C17H32F4N4/c1-5-25(10-12-6-8-13(9-7-12)17(19,20)21)16-14(18)15(22-2)23(3)11-24(16)4/h12-16,22H,5-11H2,1-4H3. The Bertz CT molecular complexity index is 412. The van der Waals surface area contributed by atoms with E-state index in [0.717, 1.165) is 0 Å². The normalized spacial score (nSPS) is 36.1. The van der Waals surface area contributed by atoms with Gasteiger partial charge in [-0.1, -0.05) is 6.92 Å². The zero-order valence-corrected chi connectivity index (χ0v) is 15.7. The Kier molecular flexibility index (Phi) is 7.09. The minimum atomic E-state index is -4.08. The predicted octanol–water partition coefficient (Wildman–Crippen LogP) is 2.72. The molecule has 2 fully saturated rings. The maximum atomic E-state index is 15.1. The Morgan fingerprint density at radius 3 is 2.16 bits per heavy atom. The van der Waals surface area contributed by atoms with Crippen LogP contribution in [0.4, 0.5) is 17.6 Å². The van der Waals surface area contributed by atoms with Crippen LogP contribution < -0.4 is 5.32 Å². The van der Waals surface area contributed by atoms with Gasteiger partial charge in [0.2, 0.25) is 0 Å². The number of nitrogens with one attached hydrogen (secondary N) is 1. The third-order valence-electron chi connectivity index (χ3n) is 5.84. The lowest BCUT2D eigenvalue weighted by Crippen LogP contribution is -2.68. The van der Waals surface area contributed by atoms with Crippen molar-refractivity contribution in [2.45, 2.75) is 57.3 Å². The van der Waals surface area contributed by atoms with Crippen molar-refractivity contribution in [2.24, 2.45) is 11.8 Å². The zero-order valence-electron chi connectivity index (χ0n) is 15.7. The van der Waals surface area contributed by atoms with Crippen molar-refractivity contribution < 1.29 is 17.6 Å². The second-order valence-corrected chi connectivity index (χ2v) is 7.59. The lowest BCUT2D eigenvalue weighted by Gasteiger charge is -2.50. The Hall–Kier alpha value is -0.440. The second-order valence-electron chi connectivity index (χ2n) is 7.59. The molecule has 1 aliphatic heterocycles. The molecule has 0 aromatic carbocycles. The van der Waals surface area contributed by atoms with Gasteiger partial charge in [0.1, 0.15) is 0 Å². The van der Waals surface area contributed by atoms with Crippen LogP contribution in [0.15, 0.2) is 0 Å². The summed E-state index contributed by atoms with van der Waals surface area (Å²) < 4.78 is 53.6. The van der Waals surface area contributed by atoms with Gasteiger partial charge in [0.15, 0.2) is 6.17 Å². The monoisotopic (exact) mass is 368 g/mol. The average molecular weight is 368 g/mol. The molecule has 0 spiro atoms. The van der Waals surface area contributed by atoms with Crippen LogP contribution in [0.2, 0.25) is 0 Å². The lowest BCUT2D eigenvalue weighted by atomic mass is 9.81. The minimum absolute atomic E-state index is 0.202. The van der Waals surface area contributed by atoms with Gasteiger partial charge in [-0.2, -0.15) is 13.2 Å². The fourth-order valence-electron chi connectivity index (χ4n) is 4.46. The van der Waals surface area contributed by atoms with Crippen molar-refractivity contribution in [3.05, 3.63) is 0 Å². The Balaban J connectivity index is 1.98. The maximum absolute atomic E-state index is 15.1. The fraction of sp³-hybridized carbons (Fsp3) is 1.00. The van der Waals surface area contributed by atoms with Crippen LogP contribution in [-0.2, 0) is 0 Å². The molecule has 0 radical (unpaired) electrons. The molecule has 4 nitrogen and oxygen atoms in total. The largest absolute Gasteiger partial charge is 0.391 e. The molecule has 8 heteroatoms. The SMILES string of the molecule is CCN(CC1CCC(C(F)(F)F)CC1)C1C(F)C(NC)N(C)CN1C. The fourth-order valence-corrected chi connectivity index (χ4v) is 4.46. The van der Waals surface area contributed by atoms with E-state index in [1.54, 1.807) is 7.05 Å². The summed E-state index contributed by atoms with van der Waals surface area (Å²) in [6.45, 7) is 3.99. The highest BCUT2D eigenvalue weighted by atomic mass is 19.4. The Morgan fingerprint density at radius 2 is 1.68 bits per heavy atom. The van der Waals surface area contributed by atoms with Gasteiger partial charge in [-0.05, 0) is 59.3 Å². The lowest BCUT2D eigenvalue weighted by molar-refractivity contribution is -0.184. The summed E-state index contributed by atoms with van der Waals surface area (Å²) in [7, 11) is 5.54. The van der Waals surface area contributed by atoms with Crippen molar-refractivity contribution in [1.29, 1.82) is 0 Å². The molecule has 3 unspecified atom stereocenters. The molecule has 1 N–H and O–H groups in total. The molecular formula is C17H32F4N4. The summed E-state index contributed by atoms with van der Waals surface area (Å²) in [5, 5.41) is 3.03. The number of nitrogens with zero attached hydrogens (tertiary/aromatic N) is 3. The van der Waals surface area contributed by atoms with E-state index >= 15 is 4.39 Å². The van der Waals surface area contributed by atoms with Crippen LogP contribution in [0.25, 0.3) is 0 Å². The molecule has 0 amide bonds. The number of halogens is 4. The van der Waals surface area contributed by atoms with Gasteiger partial charge in [0.25, 0.3) is 0 Å². The summed E-state index contributed by atoms with van der Waals surface area (Å²) >= 11 is 0. The van der Waals surface area contributed by atoms with E-state index in [1.165, 1.54) is 0 Å². The molecule has 1 saturated heterocycles. The maximum Gasteiger partial charge on any atom is 0.391 e. The molecule has 0 bridgehead atoms. The van der Waals surface area contributed by atoms with Gasteiger partial charge in [-0.15, -0.1) is 0 Å². The smallest absolute Gasteiger partial charge is 0.302 e. The van der Waals surface area contributed by atoms with Gasteiger partial charge in [-0.25, -0.2) is 4.39 Å². The first-order valence-corrected chi connectivity index (χ1v) is 9.21. The van der Waals surface area contributed by atoms with E-state index in [9.17, 15) is 13.2 Å². The summed E-state index contributed by atoms with van der Waals surface area (Å²) in [4.78, 5) is 6.02. The second kappa shape index (κ2) is 8.50. The predicted molar refractivity (Wildman–Crippen MR) is 90.7 cm³/mol. The highest BCUT2D eigenvalue weighted by Gasteiger charge is 2.44. The quantitative estimate of drug-likeness (QED) is 0.753. The Morgan fingerprint density at radius 1 is 1.08 bits per heavy atom. The van der Waals surface area contributed by atoms with Crippen molar-refractivity contribution in [2.75, 3.05) is 40.9 Å². The van der Waals surface area contributed by atoms with Crippen LogP contribution in [0.5, 0.6) is 0 Å². The molecule has 148 valence electrons. The summed E-state index contributed by atoms with van der Waals surface area (Å²) in [6, 6.07) is 0. The number of rotatable bonds is 5. The van der Waals surface area contributed by atoms with Crippen LogP contribution in [0, 0.1) is 11.8 Å². The molecule has 25 heavy (non-hydrogen) atoms. The Labute approximate surface area is 148 Å².